The standard InChI is InChI=1S/C25H21F2N3/c26-21-9-10-22(27)20(11-21)15-30-23-13-29-14-24(30)25(23)19-7-5-18(6-8-19)17-3-1-16(12-28)2-4-17/h1-11,23-25,29H,13-15H2/t23-,24+,25?. The van der Waals surface area contributed by atoms with Crippen molar-refractivity contribution < 1.29 is 8.78 Å². The summed E-state index contributed by atoms with van der Waals surface area (Å²) in [6, 6.07) is 22.5. The van der Waals surface area contributed by atoms with E-state index < -0.39 is 5.82 Å². The third kappa shape index (κ3) is 3.28. The lowest BCUT2D eigenvalue weighted by Gasteiger charge is -2.59. The summed E-state index contributed by atoms with van der Waals surface area (Å²) in [5.74, 6) is -0.360. The molecule has 2 heterocycles. The molecule has 5 rings (SSSR count). The lowest BCUT2D eigenvalue weighted by molar-refractivity contribution is -0.0490. The van der Waals surface area contributed by atoms with Gasteiger partial charge in [-0.1, -0.05) is 36.4 Å². The molecule has 0 amide bonds. The Bertz CT molecular complexity index is 1090. The molecule has 30 heavy (non-hydrogen) atoms. The van der Waals surface area contributed by atoms with Gasteiger partial charge in [0.25, 0.3) is 0 Å². The van der Waals surface area contributed by atoms with Gasteiger partial charge in [0.2, 0.25) is 0 Å². The van der Waals surface area contributed by atoms with Crippen LogP contribution in [0.4, 0.5) is 8.78 Å². The Morgan fingerprint density at radius 3 is 2.17 bits per heavy atom. The molecule has 0 aliphatic carbocycles. The average Bonchev–Trinajstić information content (AvgIpc) is 2.80. The predicted molar refractivity (Wildman–Crippen MR) is 112 cm³/mol. The fraction of sp³-hybridized carbons (Fsp3) is 0.240. The molecule has 1 unspecified atom stereocenters. The van der Waals surface area contributed by atoms with Crippen LogP contribution in [0.1, 0.15) is 22.6 Å². The van der Waals surface area contributed by atoms with Crippen molar-refractivity contribution in [2.75, 3.05) is 13.1 Å². The van der Waals surface area contributed by atoms with E-state index in [4.69, 9.17) is 5.26 Å². The second kappa shape index (κ2) is 7.64. The Kier molecular flexibility index (Phi) is 4.82. The monoisotopic (exact) mass is 401 g/mol. The number of nitriles is 1. The van der Waals surface area contributed by atoms with Crippen molar-refractivity contribution in [1.82, 2.24) is 10.2 Å². The van der Waals surface area contributed by atoms with Crippen LogP contribution in [-0.2, 0) is 6.54 Å². The van der Waals surface area contributed by atoms with Crippen molar-refractivity contribution >= 4 is 0 Å². The Balaban J connectivity index is 1.34. The summed E-state index contributed by atoms with van der Waals surface area (Å²) in [6.07, 6.45) is 0. The smallest absolute Gasteiger partial charge is 0.127 e. The zero-order valence-electron chi connectivity index (χ0n) is 16.4. The molecule has 2 bridgehead atoms. The highest BCUT2D eigenvalue weighted by molar-refractivity contribution is 5.64. The minimum absolute atomic E-state index is 0.271. The molecule has 3 aromatic carbocycles. The summed E-state index contributed by atoms with van der Waals surface area (Å²) < 4.78 is 27.7. The molecular formula is C25H21F2N3. The van der Waals surface area contributed by atoms with Gasteiger partial charge in [-0.15, -0.1) is 0 Å². The van der Waals surface area contributed by atoms with Gasteiger partial charge < -0.3 is 5.32 Å². The number of halogens is 2. The molecule has 5 heteroatoms. The highest BCUT2D eigenvalue weighted by Crippen LogP contribution is 2.43. The number of benzene rings is 3. The van der Waals surface area contributed by atoms with E-state index in [2.05, 4.69) is 40.6 Å². The highest BCUT2D eigenvalue weighted by atomic mass is 19.1. The van der Waals surface area contributed by atoms with Crippen molar-refractivity contribution in [2.24, 2.45) is 0 Å². The maximum absolute atomic E-state index is 14.1. The summed E-state index contributed by atoms with van der Waals surface area (Å²) >= 11 is 0. The van der Waals surface area contributed by atoms with Crippen LogP contribution in [0, 0.1) is 23.0 Å². The molecule has 1 N–H and O–H groups in total. The van der Waals surface area contributed by atoms with E-state index in [-0.39, 0.29) is 17.9 Å². The highest BCUT2D eigenvalue weighted by Gasteiger charge is 2.51. The van der Waals surface area contributed by atoms with Crippen LogP contribution in [-0.4, -0.2) is 30.1 Å². The van der Waals surface area contributed by atoms with Crippen LogP contribution >= 0.6 is 0 Å². The van der Waals surface area contributed by atoms with Crippen LogP contribution < -0.4 is 5.32 Å². The number of hydrogen-bond acceptors (Lipinski definition) is 3. The van der Waals surface area contributed by atoms with E-state index in [1.54, 1.807) is 0 Å². The molecule has 0 aromatic heterocycles. The van der Waals surface area contributed by atoms with Gasteiger partial charge in [-0.05, 0) is 47.0 Å². The summed E-state index contributed by atoms with van der Waals surface area (Å²) in [5.41, 5.74) is 4.55. The molecule has 3 atom stereocenters. The van der Waals surface area contributed by atoms with Crippen LogP contribution in [0.15, 0.2) is 66.7 Å². The van der Waals surface area contributed by atoms with Crippen molar-refractivity contribution in [1.29, 1.82) is 5.26 Å². The molecule has 3 aromatic rings. The van der Waals surface area contributed by atoms with E-state index >= 15 is 0 Å². The second-order valence-corrected chi connectivity index (χ2v) is 8.04. The minimum atomic E-state index is -0.398. The first-order valence-corrected chi connectivity index (χ1v) is 10.1. The largest absolute Gasteiger partial charge is 0.314 e. The lowest BCUT2D eigenvalue weighted by Crippen LogP contribution is -2.72. The second-order valence-electron chi connectivity index (χ2n) is 8.04. The van der Waals surface area contributed by atoms with Crippen molar-refractivity contribution in [2.45, 2.75) is 24.5 Å². The summed E-state index contributed by atoms with van der Waals surface area (Å²) in [7, 11) is 0. The maximum atomic E-state index is 14.1. The molecular weight excluding hydrogens is 380 g/mol. The molecule has 0 spiro atoms. The molecule has 2 aliphatic rings. The van der Waals surface area contributed by atoms with E-state index in [0.717, 1.165) is 30.3 Å². The summed E-state index contributed by atoms with van der Waals surface area (Å²) in [4.78, 5) is 2.29. The Labute approximate surface area is 174 Å². The van der Waals surface area contributed by atoms with Crippen LogP contribution in [0.25, 0.3) is 11.1 Å². The Hall–Kier alpha value is -3.07. The lowest BCUT2D eigenvalue weighted by atomic mass is 9.72. The number of rotatable bonds is 4. The van der Waals surface area contributed by atoms with E-state index in [0.29, 0.717) is 23.6 Å². The summed E-state index contributed by atoms with van der Waals surface area (Å²) in [5, 5.41) is 12.4. The van der Waals surface area contributed by atoms with Crippen molar-refractivity contribution in [3.8, 4) is 17.2 Å². The first-order valence-electron chi connectivity index (χ1n) is 10.1. The van der Waals surface area contributed by atoms with Crippen molar-refractivity contribution in [3.05, 3.63) is 95.1 Å². The fourth-order valence-electron chi connectivity index (χ4n) is 4.86. The Morgan fingerprint density at radius 2 is 1.53 bits per heavy atom. The normalized spacial score (nSPS) is 22.9. The van der Waals surface area contributed by atoms with Crippen LogP contribution in [0.2, 0.25) is 0 Å². The number of piperidine rings is 1. The third-order valence-electron chi connectivity index (χ3n) is 6.39. The first-order chi connectivity index (χ1) is 14.6. The number of likely N-dealkylation sites (tertiary alicyclic amines) is 1. The predicted octanol–water partition coefficient (Wildman–Crippen LogP) is 4.44. The molecule has 2 aliphatic heterocycles. The quantitative estimate of drug-likeness (QED) is 0.702. The van der Waals surface area contributed by atoms with Gasteiger partial charge in [-0.3, -0.25) is 4.90 Å². The molecule has 3 nitrogen and oxygen atoms in total. The summed E-state index contributed by atoms with van der Waals surface area (Å²) in [6.45, 7) is 2.12. The molecule has 2 saturated heterocycles. The van der Waals surface area contributed by atoms with Crippen molar-refractivity contribution in [3.63, 3.8) is 0 Å². The van der Waals surface area contributed by atoms with Gasteiger partial charge in [-0.25, -0.2) is 8.78 Å². The number of piperazine rings is 1. The molecule has 150 valence electrons. The number of hydrogen-bond donors (Lipinski definition) is 1. The van der Waals surface area contributed by atoms with Gasteiger partial charge in [0.05, 0.1) is 11.6 Å². The van der Waals surface area contributed by atoms with Gasteiger partial charge in [0.1, 0.15) is 11.6 Å². The molecule has 2 fully saturated rings. The number of nitrogens with zero attached hydrogens (tertiary/aromatic N) is 2. The number of fused-ring (bicyclic) bond motifs is 2. The Morgan fingerprint density at radius 1 is 0.900 bits per heavy atom. The van der Waals surface area contributed by atoms with Gasteiger partial charge in [0.15, 0.2) is 0 Å². The zero-order chi connectivity index (χ0) is 20.7. The fourth-order valence-corrected chi connectivity index (χ4v) is 4.86. The SMILES string of the molecule is N#Cc1ccc(-c2ccc(C3[C@H]4CNC[C@@H]3N4Cc3cc(F)ccc3F)cc2)cc1. The van der Waals surface area contributed by atoms with E-state index in [1.165, 1.54) is 17.7 Å². The first kappa shape index (κ1) is 18.9. The van der Waals surface area contributed by atoms with Crippen LogP contribution in [0.3, 0.4) is 0 Å². The van der Waals surface area contributed by atoms with Crippen LogP contribution in [0.5, 0.6) is 0 Å². The number of nitrogens with one attached hydrogen (secondary N) is 1. The van der Waals surface area contributed by atoms with E-state index in [9.17, 15) is 8.78 Å². The minimum Gasteiger partial charge on any atom is -0.314 e. The topological polar surface area (TPSA) is 39.1 Å². The van der Waals surface area contributed by atoms with Gasteiger partial charge >= 0.3 is 0 Å². The van der Waals surface area contributed by atoms with Gasteiger partial charge in [-0.2, -0.15) is 5.26 Å². The molecule has 0 radical (unpaired) electrons. The molecule has 0 saturated carbocycles. The average molecular weight is 401 g/mol. The maximum Gasteiger partial charge on any atom is 0.127 e. The zero-order valence-corrected chi connectivity index (χ0v) is 16.4. The van der Waals surface area contributed by atoms with E-state index in [1.807, 2.05) is 24.3 Å². The van der Waals surface area contributed by atoms with Gasteiger partial charge in [0, 0.05) is 43.2 Å². The third-order valence-corrected chi connectivity index (χ3v) is 6.39.